The van der Waals surface area contributed by atoms with Crippen LogP contribution in [0.25, 0.3) is 0 Å². The van der Waals surface area contributed by atoms with Gasteiger partial charge in [0.05, 0.1) is 10.6 Å². The number of aliphatic carboxylic acids is 1. The first-order valence-electron chi connectivity index (χ1n) is 4.72. The molecule has 5 heteroatoms. The molecule has 1 rings (SSSR count). The highest BCUT2D eigenvalue weighted by Crippen LogP contribution is 2.20. The second kappa shape index (κ2) is 4.99. The number of hydrogen-bond acceptors (Lipinski definition) is 2. The predicted octanol–water partition coefficient (Wildman–Crippen LogP) is 1.85. The summed E-state index contributed by atoms with van der Waals surface area (Å²) in [6.45, 7) is 3.17. The highest BCUT2D eigenvalue weighted by Gasteiger charge is 2.17. The van der Waals surface area contributed by atoms with Crippen molar-refractivity contribution in [1.29, 1.82) is 0 Å². The van der Waals surface area contributed by atoms with E-state index in [2.05, 4.69) is 5.32 Å². The summed E-state index contributed by atoms with van der Waals surface area (Å²) in [6.07, 6.45) is 0. The topological polar surface area (TPSA) is 66.4 Å². The van der Waals surface area contributed by atoms with Crippen LogP contribution in [0.5, 0.6) is 0 Å². The first-order valence-corrected chi connectivity index (χ1v) is 5.10. The lowest BCUT2D eigenvalue weighted by atomic mass is 10.1. The van der Waals surface area contributed by atoms with Crippen molar-refractivity contribution in [3.8, 4) is 0 Å². The zero-order chi connectivity index (χ0) is 12.3. The molecule has 0 heterocycles. The van der Waals surface area contributed by atoms with Crippen LogP contribution in [0.15, 0.2) is 18.2 Å². The van der Waals surface area contributed by atoms with E-state index in [0.29, 0.717) is 5.02 Å². The van der Waals surface area contributed by atoms with E-state index in [1.807, 2.05) is 0 Å². The fraction of sp³-hybridized carbons (Fsp3) is 0.273. The van der Waals surface area contributed by atoms with Crippen LogP contribution in [0, 0.1) is 6.92 Å². The Labute approximate surface area is 98.2 Å². The third-order valence-corrected chi connectivity index (χ3v) is 2.66. The third-order valence-electron chi connectivity index (χ3n) is 2.15. The molecule has 86 valence electrons. The summed E-state index contributed by atoms with van der Waals surface area (Å²) < 4.78 is 0. The Morgan fingerprint density at radius 3 is 2.62 bits per heavy atom. The van der Waals surface area contributed by atoms with E-state index >= 15 is 0 Å². The molecule has 0 aliphatic rings. The number of benzene rings is 1. The summed E-state index contributed by atoms with van der Waals surface area (Å²) in [5.41, 5.74) is 1.06. The summed E-state index contributed by atoms with van der Waals surface area (Å²) in [5.74, 6) is -1.57. The van der Waals surface area contributed by atoms with Crippen molar-refractivity contribution in [2.24, 2.45) is 0 Å². The van der Waals surface area contributed by atoms with Crippen molar-refractivity contribution in [2.75, 3.05) is 0 Å². The molecule has 2 N–H and O–H groups in total. The Hall–Kier alpha value is -1.55. The van der Waals surface area contributed by atoms with Crippen LogP contribution in [0.2, 0.25) is 5.02 Å². The van der Waals surface area contributed by atoms with Crippen LogP contribution in [0.3, 0.4) is 0 Å². The number of carbonyl (C=O) groups excluding carboxylic acids is 1. The summed E-state index contributed by atoms with van der Waals surface area (Å²) in [7, 11) is 0. The molecular weight excluding hydrogens is 230 g/mol. The molecule has 0 saturated carbocycles. The lowest BCUT2D eigenvalue weighted by Gasteiger charge is -2.11. The maximum atomic E-state index is 11.7. The molecule has 1 amide bonds. The summed E-state index contributed by atoms with van der Waals surface area (Å²) in [6, 6.07) is 4.09. The number of nitrogens with one attached hydrogen (secondary N) is 1. The number of halogens is 1. The molecule has 1 aromatic carbocycles. The van der Waals surface area contributed by atoms with Crippen molar-refractivity contribution in [2.45, 2.75) is 19.9 Å². The molecule has 0 radical (unpaired) electrons. The number of carbonyl (C=O) groups is 2. The summed E-state index contributed by atoms with van der Waals surface area (Å²) in [5, 5.41) is 11.3. The van der Waals surface area contributed by atoms with Gasteiger partial charge in [-0.1, -0.05) is 23.7 Å². The van der Waals surface area contributed by atoms with E-state index in [1.54, 1.807) is 25.1 Å². The molecular formula is C11H12ClNO3. The number of amides is 1. The van der Waals surface area contributed by atoms with Gasteiger partial charge in [0.1, 0.15) is 6.04 Å². The molecule has 0 aliphatic heterocycles. The molecule has 1 aromatic rings. The SMILES string of the molecule is Cc1cccc(C(=O)N[C@@H](C)C(=O)O)c1Cl. The van der Waals surface area contributed by atoms with Crippen LogP contribution >= 0.6 is 11.6 Å². The Bertz CT molecular complexity index is 431. The smallest absolute Gasteiger partial charge is 0.325 e. The van der Waals surface area contributed by atoms with E-state index < -0.39 is 17.9 Å². The average molecular weight is 242 g/mol. The van der Waals surface area contributed by atoms with Crippen molar-refractivity contribution >= 4 is 23.5 Å². The molecule has 16 heavy (non-hydrogen) atoms. The molecule has 0 unspecified atom stereocenters. The lowest BCUT2D eigenvalue weighted by Crippen LogP contribution is -2.38. The average Bonchev–Trinajstić information content (AvgIpc) is 2.21. The van der Waals surface area contributed by atoms with Gasteiger partial charge in [-0.3, -0.25) is 9.59 Å². The van der Waals surface area contributed by atoms with E-state index in [9.17, 15) is 9.59 Å². The molecule has 0 aliphatic carbocycles. The number of hydrogen-bond donors (Lipinski definition) is 2. The Morgan fingerprint density at radius 2 is 2.06 bits per heavy atom. The summed E-state index contributed by atoms with van der Waals surface area (Å²) >= 11 is 5.94. The normalized spacial score (nSPS) is 11.9. The largest absolute Gasteiger partial charge is 0.480 e. The quantitative estimate of drug-likeness (QED) is 0.849. The van der Waals surface area contributed by atoms with Crippen molar-refractivity contribution in [1.82, 2.24) is 5.32 Å². The zero-order valence-corrected chi connectivity index (χ0v) is 9.71. The first-order chi connectivity index (χ1) is 7.43. The number of carboxylic acids is 1. The van der Waals surface area contributed by atoms with Gasteiger partial charge in [0, 0.05) is 0 Å². The highest BCUT2D eigenvalue weighted by atomic mass is 35.5. The van der Waals surface area contributed by atoms with Gasteiger partial charge in [-0.2, -0.15) is 0 Å². The van der Waals surface area contributed by atoms with E-state index in [1.165, 1.54) is 6.92 Å². The Morgan fingerprint density at radius 1 is 1.44 bits per heavy atom. The second-order valence-electron chi connectivity index (χ2n) is 3.47. The van der Waals surface area contributed by atoms with Crippen LogP contribution in [-0.4, -0.2) is 23.0 Å². The van der Waals surface area contributed by atoms with Crippen molar-refractivity contribution in [3.05, 3.63) is 34.3 Å². The van der Waals surface area contributed by atoms with Gasteiger partial charge in [0.25, 0.3) is 5.91 Å². The maximum Gasteiger partial charge on any atom is 0.325 e. The molecule has 0 spiro atoms. The fourth-order valence-electron chi connectivity index (χ4n) is 1.16. The number of rotatable bonds is 3. The van der Waals surface area contributed by atoms with Gasteiger partial charge in [0.15, 0.2) is 0 Å². The second-order valence-corrected chi connectivity index (χ2v) is 3.85. The molecule has 0 fully saturated rings. The standard InChI is InChI=1S/C11H12ClNO3/c1-6-4-3-5-8(9(6)12)10(14)13-7(2)11(15)16/h3-5,7H,1-2H3,(H,13,14)(H,15,16)/t7-/m0/s1. The number of carboxylic acid groups (broad SMARTS) is 1. The minimum atomic E-state index is -1.09. The predicted molar refractivity (Wildman–Crippen MR) is 60.8 cm³/mol. The van der Waals surface area contributed by atoms with Crippen molar-refractivity contribution < 1.29 is 14.7 Å². The van der Waals surface area contributed by atoms with Crippen LogP contribution in [-0.2, 0) is 4.79 Å². The van der Waals surface area contributed by atoms with Crippen LogP contribution < -0.4 is 5.32 Å². The van der Waals surface area contributed by atoms with Gasteiger partial charge >= 0.3 is 5.97 Å². The maximum absolute atomic E-state index is 11.7. The van der Waals surface area contributed by atoms with Crippen molar-refractivity contribution in [3.63, 3.8) is 0 Å². The van der Waals surface area contributed by atoms with Gasteiger partial charge in [-0.05, 0) is 25.5 Å². The minimum Gasteiger partial charge on any atom is -0.480 e. The Kier molecular flexibility index (Phi) is 3.90. The minimum absolute atomic E-state index is 0.287. The third kappa shape index (κ3) is 2.73. The molecule has 1 atom stereocenters. The van der Waals surface area contributed by atoms with E-state index in [-0.39, 0.29) is 5.56 Å². The number of aryl methyl sites for hydroxylation is 1. The van der Waals surface area contributed by atoms with E-state index in [0.717, 1.165) is 5.56 Å². The lowest BCUT2D eigenvalue weighted by molar-refractivity contribution is -0.138. The summed E-state index contributed by atoms with van der Waals surface area (Å²) in [4.78, 5) is 22.2. The first kappa shape index (κ1) is 12.5. The Balaban J connectivity index is 2.89. The fourth-order valence-corrected chi connectivity index (χ4v) is 1.37. The molecule has 0 aromatic heterocycles. The highest BCUT2D eigenvalue weighted by molar-refractivity contribution is 6.34. The van der Waals surface area contributed by atoms with Gasteiger partial charge in [-0.25, -0.2) is 0 Å². The molecule has 0 bridgehead atoms. The zero-order valence-electron chi connectivity index (χ0n) is 8.95. The van der Waals surface area contributed by atoms with Gasteiger partial charge in [-0.15, -0.1) is 0 Å². The monoisotopic (exact) mass is 241 g/mol. The molecule has 4 nitrogen and oxygen atoms in total. The van der Waals surface area contributed by atoms with Gasteiger partial charge < -0.3 is 10.4 Å². The van der Waals surface area contributed by atoms with Crippen LogP contribution in [0.4, 0.5) is 0 Å². The van der Waals surface area contributed by atoms with E-state index in [4.69, 9.17) is 16.7 Å². The van der Waals surface area contributed by atoms with Gasteiger partial charge in [0.2, 0.25) is 0 Å². The molecule has 0 saturated heterocycles. The van der Waals surface area contributed by atoms with Crippen LogP contribution in [0.1, 0.15) is 22.8 Å².